The van der Waals surface area contributed by atoms with E-state index in [2.05, 4.69) is 4.74 Å². The minimum absolute atomic E-state index is 0.0340. The Morgan fingerprint density at radius 2 is 2.00 bits per heavy atom. The van der Waals surface area contributed by atoms with E-state index in [9.17, 15) is 28.1 Å². The summed E-state index contributed by atoms with van der Waals surface area (Å²) in [5.41, 5.74) is -1.58. The van der Waals surface area contributed by atoms with Gasteiger partial charge in [-0.1, -0.05) is 0 Å². The quantitative estimate of drug-likeness (QED) is 0.509. The first-order chi connectivity index (χ1) is 8.25. The van der Waals surface area contributed by atoms with Gasteiger partial charge in [0.2, 0.25) is 11.6 Å². The third kappa shape index (κ3) is 2.50. The molecule has 0 bridgehead atoms. The van der Waals surface area contributed by atoms with E-state index in [1.807, 2.05) is 0 Å². The predicted octanol–water partition coefficient (Wildman–Crippen LogP) is 1.86. The lowest BCUT2D eigenvalue weighted by Gasteiger charge is -2.11. The van der Waals surface area contributed by atoms with Crippen molar-refractivity contribution in [3.8, 4) is 5.75 Å². The number of hydrogen-bond donors (Lipinski definition) is 1. The molecule has 1 rings (SSSR count). The maximum atomic E-state index is 13.2. The summed E-state index contributed by atoms with van der Waals surface area (Å²) in [6.45, 7) is 0.951. The zero-order valence-electron chi connectivity index (χ0n) is 8.82. The molecule has 1 aromatic rings. The van der Waals surface area contributed by atoms with Gasteiger partial charge in [-0.25, -0.2) is 13.6 Å². The second-order valence-electron chi connectivity index (χ2n) is 3.19. The van der Waals surface area contributed by atoms with E-state index in [1.165, 1.54) is 0 Å². The van der Waals surface area contributed by atoms with Crippen LogP contribution in [0.15, 0.2) is 6.07 Å². The molecule has 98 valence electrons. The van der Waals surface area contributed by atoms with Crippen LogP contribution < -0.4 is 4.74 Å². The van der Waals surface area contributed by atoms with Gasteiger partial charge in [0.25, 0.3) is 0 Å². The Labute approximate surface area is 97.7 Å². The molecule has 0 aliphatic rings. The summed E-state index contributed by atoms with van der Waals surface area (Å²) in [4.78, 5) is 19.6. The molecule has 0 fully saturated rings. The van der Waals surface area contributed by atoms with Crippen molar-refractivity contribution in [3.05, 3.63) is 33.6 Å². The second-order valence-corrected chi connectivity index (χ2v) is 3.19. The number of benzene rings is 1. The first kappa shape index (κ1) is 13.7. The first-order valence-corrected chi connectivity index (χ1v) is 4.47. The van der Waals surface area contributed by atoms with E-state index in [0.717, 1.165) is 6.92 Å². The first-order valence-electron chi connectivity index (χ1n) is 4.47. The van der Waals surface area contributed by atoms with E-state index in [4.69, 9.17) is 5.11 Å². The fourth-order valence-electron chi connectivity index (χ4n) is 1.07. The van der Waals surface area contributed by atoms with Crippen LogP contribution in [0, 0.1) is 27.6 Å². The number of ether oxygens (including phenoxy) is 1. The van der Waals surface area contributed by atoms with E-state index < -0.39 is 45.9 Å². The maximum Gasteiger partial charge on any atom is 0.352 e. The Morgan fingerprint density at radius 3 is 2.44 bits per heavy atom. The van der Waals surface area contributed by atoms with Crippen molar-refractivity contribution < 1.29 is 32.7 Å². The van der Waals surface area contributed by atoms with Crippen LogP contribution in [0.5, 0.6) is 5.75 Å². The SMILES string of the molecule is C[C@@H](Oc1c(F)cc(F)c(F)c1[N+](=O)[O-])C(=O)O. The highest BCUT2D eigenvalue weighted by molar-refractivity contribution is 5.72. The third-order valence-corrected chi connectivity index (χ3v) is 1.93. The normalized spacial score (nSPS) is 12.0. The van der Waals surface area contributed by atoms with E-state index in [1.54, 1.807) is 0 Å². The van der Waals surface area contributed by atoms with Crippen molar-refractivity contribution in [2.75, 3.05) is 0 Å². The van der Waals surface area contributed by atoms with Gasteiger partial charge in [0.15, 0.2) is 17.7 Å². The average Bonchev–Trinajstić information content (AvgIpc) is 2.25. The third-order valence-electron chi connectivity index (χ3n) is 1.93. The molecule has 0 aliphatic carbocycles. The number of carboxylic acid groups (broad SMARTS) is 1. The minimum atomic E-state index is -1.92. The van der Waals surface area contributed by atoms with Crippen molar-refractivity contribution in [2.24, 2.45) is 0 Å². The van der Waals surface area contributed by atoms with E-state index in [0.29, 0.717) is 0 Å². The summed E-state index contributed by atoms with van der Waals surface area (Å²) < 4.78 is 43.6. The highest BCUT2D eigenvalue weighted by Crippen LogP contribution is 2.35. The zero-order valence-corrected chi connectivity index (χ0v) is 8.82. The lowest BCUT2D eigenvalue weighted by Crippen LogP contribution is -2.24. The second kappa shape index (κ2) is 4.90. The summed E-state index contributed by atoms with van der Waals surface area (Å²) in [7, 11) is 0. The molecule has 0 amide bonds. The van der Waals surface area contributed by atoms with Crippen LogP contribution in [-0.4, -0.2) is 22.1 Å². The molecular weight excluding hydrogens is 259 g/mol. The Hall–Kier alpha value is -2.32. The molecule has 0 radical (unpaired) electrons. The summed E-state index contributed by atoms with van der Waals surface area (Å²) in [5, 5.41) is 19.0. The van der Waals surface area contributed by atoms with Gasteiger partial charge < -0.3 is 9.84 Å². The lowest BCUT2D eigenvalue weighted by molar-refractivity contribution is -0.389. The number of rotatable bonds is 4. The molecule has 1 atom stereocenters. The van der Waals surface area contributed by atoms with Crippen LogP contribution in [0.2, 0.25) is 0 Å². The maximum absolute atomic E-state index is 13.2. The van der Waals surface area contributed by atoms with Crippen LogP contribution in [0.4, 0.5) is 18.9 Å². The molecule has 0 saturated carbocycles. The van der Waals surface area contributed by atoms with Crippen LogP contribution >= 0.6 is 0 Å². The highest BCUT2D eigenvalue weighted by atomic mass is 19.2. The van der Waals surface area contributed by atoms with Gasteiger partial charge in [0.1, 0.15) is 0 Å². The molecule has 0 aromatic heterocycles. The van der Waals surface area contributed by atoms with Crippen molar-refractivity contribution in [3.63, 3.8) is 0 Å². The van der Waals surface area contributed by atoms with Gasteiger partial charge in [-0.2, -0.15) is 4.39 Å². The number of halogens is 3. The molecule has 0 unspecified atom stereocenters. The van der Waals surface area contributed by atoms with Crippen LogP contribution in [0.1, 0.15) is 6.92 Å². The molecule has 0 saturated heterocycles. The van der Waals surface area contributed by atoms with Crippen molar-refractivity contribution in [1.82, 2.24) is 0 Å². The lowest BCUT2D eigenvalue weighted by atomic mass is 10.2. The smallest absolute Gasteiger partial charge is 0.352 e. The monoisotopic (exact) mass is 265 g/mol. The molecule has 0 heterocycles. The van der Waals surface area contributed by atoms with E-state index >= 15 is 0 Å². The number of nitrogens with zero attached hydrogens (tertiary/aromatic N) is 1. The van der Waals surface area contributed by atoms with Gasteiger partial charge in [-0.15, -0.1) is 0 Å². The van der Waals surface area contributed by atoms with Gasteiger partial charge in [-0.3, -0.25) is 10.1 Å². The summed E-state index contributed by atoms with van der Waals surface area (Å²) in [5.74, 6) is -8.06. The van der Waals surface area contributed by atoms with Gasteiger partial charge in [0, 0.05) is 6.07 Å². The fraction of sp³-hybridized carbons (Fsp3) is 0.222. The standard InChI is InChI=1S/C9H6F3NO5/c1-3(9(14)15)18-8-5(11)2-4(10)6(12)7(8)13(16)17/h2-3H,1H3,(H,14,15)/t3-/m1/s1. The topological polar surface area (TPSA) is 89.7 Å². The highest BCUT2D eigenvalue weighted by Gasteiger charge is 2.31. The van der Waals surface area contributed by atoms with Crippen LogP contribution in [0.25, 0.3) is 0 Å². The molecule has 1 aromatic carbocycles. The number of carbonyl (C=O) groups is 1. The van der Waals surface area contributed by atoms with Crippen LogP contribution in [-0.2, 0) is 4.79 Å². The van der Waals surface area contributed by atoms with Crippen molar-refractivity contribution in [1.29, 1.82) is 0 Å². The van der Waals surface area contributed by atoms with Gasteiger partial charge >= 0.3 is 11.7 Å². The van der Waals surface area contributed by atoms with E-state index in [-0.39, 0.29) is 6.07 Å². The number of hydrogen-bond acceptors (Lipinski definition) is 4. The molecule has 1 N–H and O–H groups in total. The molecule has 0 spiro atoms. The Bertz CT molecular complexity index is 519. The van der Waals surface area contributed by atoms with Crippen molar-refractivity contribution in [2.45, 2.75) is 13.0 Å². The van der Waals surface area contributed by atoms with Crippen LogP contribution in [0.3, 0.4) is 0 Å². The summed E-state index contributed by atoms with van der Waals surface area (Å²) >= 11 is 0. The Kier molecular flexibility index (Phi) is 3.74. The molecule has 6 nitrogen and oxygen atoms in total. The summed E-state index contributed by atoms with van der Waals surface area (Å²) in [6, 6.07) is 0.0340. The molecule has 0 aliphatic heterocycles. The van der Waals surface area contributed by atoms with Gasteiger partial charge in [-0.05, 0) is 6.92 Å². The number of nitro groups is 1. The Morgan fingerprint density at radius 1 is 1.44 bits per heavy atom. The molecule has 9 heteroatoms. The Balaban J connectivity index is 3.38. The summed E-state index contributed by atoms with van der Waals surface area (Å²) in [6.07, 6.45) is -1.66. The van der Waals surface area contributed by atoms with Crippen molar-refractivity contribution >= 4 is 11.7 Å². The number of carboxylic acids is 1. The number of aliphatic carboxylic acids is 1. The average molecular weight is 265 g/mol. The number of nitro benzene ring substituents is 1. The fourth-order valence-corrected chi connectivity index (χ4v) is 1.07. The van der Waals surface area contributed by atoms with Gasteiger partial charge in [0.05, 0.1) is 4.92 Å². The molecular formula is C9H6F3NO5. The zero-order chi connectivity index (χ0) is 14.0. The molecule has 18 heavy (non-hydrogen) atoms. The largest absolute Gasteiger partial charge is 0.479 e. The minimum Gasteiger partial charge on any atom is -0.479 e. The predicted molar refractivity (Wildman–Crippen MR) is 50.7 cm³/mol.